The average molecular weight is 390 g/mol. The summed E-state index contributed by atoms with van der Waals surface area (Å²) in [5.41, 5.74) is 7.16. The number of aromatic nitrogens is 1. The Bertz CT molecular complexity index is 765. The summed E-state index contributed by atoms with van der Waals surface area (Å²) < 4.78 is 5.32. The number of pyridine rings is 1. The highest BCUT2D eigenvalue weighted by atomic mass is 35.5. The van der Waals surface area contributed by atoms with Gasteiger partial charge in [0.2, 0.25) is 0 Å². The first-order valence-corrected chi connectivity index (χ1v) is 9.07. The highest BCUT2D eigenvalue weighted by Gasteiger charge is 2.02. The Morgan fingerprint density at radius 2 is 2.11 bits per heavy atom. The molecule has 8 heteroatoms. The fourth-order valence-corrected chi connectivity index (χ4v) is 2.39. The van der Waals surface area contributed by atoms with Gasteiger partial charge < -0.3 is 21.1 Å². The van der Waals surface area contributed by atoms with Crippen LogP contribution in [-0.2, 0) is 17.8 Å². The fourth-order valence-electron chi connectivity index (χ4n) is 2.28. The van der Waals surface area contributed by atoms with E-state index in [2.05, 4.69) is 20.6 Å². The molecule has 1 aromatic carbocycles. The van der Waals surface area contributed by atoms with Crippen molar-refractivity contribution in [2.24, 2.45) is 10.7 Å². The van der Waals surface area contributed by atoms with Crippen LogP contribution in [0.3, 0.4) is 0 Å². The van der Waals surface area contributed by atoms with E-state index < -0.39 is 5.91 Å². The molecule has 0 bridgehead atoms. The van der Waals surface area contributed by atoms with Gasteiger partial charge in [-0.1, -0.05) is 29.8 Å². The van der Waals surface area contributed by atoms with Crippen LogP contribution in [0, 0.1) is 0 Å². The van der Waals surface area contributed by atoms with Gasteiger partial charge in [-0.05, 0) is 42.7 Å². The SMILES string of the molecule is CCNC(=NCc1cccc(OCC(N)=O)c1)NCCc1ccc(Cl)nc1. The van der Waals surface area contributed by atoms with Crippen molar-refractivity contribution < 1.29 is 9.53 Å². The maximum Gasteiger partial charge on any atom is 0.255 e. The molecule has 0 aliphatic rings. The summed E-state index contributed by atoms with van der Waals surface area (Å²) in [5.74, 6) is 0.811. The van der Waals surface area contributed by atoms with Gasteiger partial charge in [-0.25, -0.2) is 9.98 Å². The Morgan fingerprint density at radius 1 is 1.26 bits per heavy atom. The van der Waals surface area contributed by atoms with Crippen LogP contribution in [-0.4, -0.2) is 36.5 Å². The second-order valence-electron chi connectivity index (χ2n) is 5.76. The largest absolute Gasteiger partial charge is 0.484 e. The first-order valence-electron chi connectivity index (χ1n) is 8.69. The number of nitrogens with zero attached hydrogens (tertiary/aromatic N) is 2. The van der Waals surface area contributed by atoms with Crippen molar-refractivity contribution in [3.63, 3.8) is 0 Å². The number of rotatable bonds is 9. The van der Waals surface area contributed by atoms with Gasteiger partial charge in [0, 0.05) is 19.3 Å². The van der Waals surface area contributed by atoms with Crippen molar-refractivity contribution in [1.82, 2.24) is 15.6 Å². The molecule has 0 fully saturated rings. The molecule has 0 spiro atoms. The molecule has 0 atom stereocenters. The number of benzene rings is 1. The zero-order valence-corrected chi connectivity index (χ0v) is 16.0. The molecule has 27 heavy (non-hydrogen) atoms. The summed E-state index contributed by atoms with van der Waals surface area (Å²) in [6.45, 7) is 3.83. The van der Waals surface area contributed by atoms with E-state index in [9.17, 15) is 4.79 Å². The van der Waals surface area contributed by atoms with Gasteiger partial charge in [0.15, 0.2) is 12.6 Å². The van der Waals surface area contributed by atoms with Crippen LogP contribution < -0.4 is 21.1 Å². The molecule has 7 nitrogen and oxygen atoms in total. The zero-order valence-electron chi connectivity index (χ0n) is 15.2. The summed E-state index contributed by atoms with van der Waals surface area (Å²) in [4.78, 5) is 19.5. The molecule has 4 N–H and O–H groups in total. The summed E-state index contributed by atoms with van der Waals surface area (Å²) in [5, 5.41) is 7.00. The van der Waals surface area contributed by atoms with E-state index in [1.165, 1.54) is 0 Å². The minimum Gasteiger partial charge on any atom is -0.484 e. The molecule has 0 aliphatic carbocycles. The number of ether oxygens (including phenoxy) is 1. The first-order chi connectivity index (χ1) is 13.1. The summed E-state index contributed by atoms with van der Waals surface area (Å²) >= 11 is 5.80. The molecule has 2 aromatic rings. The maximum atomic E-state index is 10.8. The molecular weight excluding hydrogens is 366 g/mol. The van der Waals surface area contributed by atoms with E-state index in [1.54, 1.807) is 18.3 Å². The van der Waals surface area contributed by atoms with Crippen molar-refractivity contribution in [2.75, 3.05) is 19.7 Å². The Hall–Kier alpha value is -2.80. The zero-order chi connectivity index (χ0) is 19.5. The number of carbonyl (C=O) groups is 1. The lowest BCUT2D eigenvalue weighted by atomic mass is 10.2. The number of primary amides is 1. The quantitative estimate of drug-likeness (QED) is 0.345. The predicted molar refractivity (Wildman–Crippen MR) is 107 cm³/mol. The number of aliphatic imine (C=N–C) groups is 1. The van der Waals surface area contributed by atoms with Crippen LogP contribution in [0.1, 0.15) is 18.1 Å². The fraction of sp³-hybridized carbons (Fsp3) is 0.316. The molecule has 0 radical (unpaired) electrons. The minimum absolute atomic E-state index is 0.142. The number of nitrogens with two attached hydrogens (primary N) is 1. The van der Waals surface area contributed by atoms with E-state index >= 15 is 0 Å². The lowest BCUT2D eigenvalue weighted by Gasteiger charge is -2.11. The number of amides is 1. The third-order valence-corrected chi connectivity index (χ3v) is 3.76. The van der Waals surface area contributed by atoms with Crippen molar-refractivity contribution in [3.05, 3.63) is 58.9 Å². The summed E-state index contributed by atoms with van der Waals surface area (Å²) in [6, 6.07) is 11.2. The van der Waals surface area contributed by atoms with Gasteiger partial charge in [-0.15, -0.1) is 0 Å². The lowest BCUT2D eigenvalue weighted by molar-refractivity contribution is -0.119. The Kier molecular flexibility index (Phi) is 8.38. The Labute approximate surface area is 164 Å². The molecule has 0 unspecified atom stereocenters. The Balaban J connectivity index is 1.89. The molecule has 0 saturated carbocycles. The van der Waals surface area contributed by atoms with Gasteiger partial charge in [-0.3, -0.25) is 4.79 Å². The highest BCUT2D eigenvalue weighted by molar-refractivity contribution is 6.29. The smallest absolute Gasteiger partial charge is 0.255 e. The van der Waals surface area contributed by atoms with E-state index in [1.807, 2.05) is 31.2 Å². The standard InChI is InChI=1S/C19H24ClN5O2/c1-2-22-19(23-9-8-14-6-7-17(20)24-11-14)25-12-15-4-3-5-16(10-15)27-13-18(21)26/h3-7,10-11H,2,8-9,12-13H2,1H3,(H2,21,26)(H2,22,23,25). The van der Waals surface area contributed by atoms with Crippen molar-refractivity contribution in [3.8, 4) is 5.75 Å². The van der Waals surface area contributed by atoms with E-state index in [0.717, 1.165) is 36.6 Å². The van der Waals surface area contributed by atoms with E-state index in [4.69, 9.17) is 22.1 Å². The predicted octanol–water partition coefficient (Wildman–Crippen LogP) is 1.90. The van der Waals surface area contributed by atoms with Gasteiger partial charge in [0.05, 0.1) is 6.54 Å². The molecule has 0 saturated heterocycles. The first kappa shape index (κ1) is 20.5. The van der Waals surface area contributed by atoms with Crippen molar-refractivity contribution in [1.29, 1.82) is 0 Å². The number of hydrogen-bond donors (Lipinski definition) is 3. The molecule has 0 aliphatic heterocycles. The monoisotopic (exact) mass is 389 g/mol. The van der Waals surface area contributed by atoms with Crippen molar-refractivity contribution >= 4 is 23.5 Å². The van der Waals surface area contributed by atoms with Crippen LogP contribution in [0.25, 0.3) is 0 Å². The number of halogens is 1. The topological polar surface area (TPSA) is 102 Å². The molecule has 1 aromatic heterocycles. The van der Waals surface area contributed by atoms with Gasteiger partial charge >= 0.3 is 0 Å². The van der Waals surface area contributed by atoms with Gasteiger partial charge in [0.25, 0.3) is 5.91 Å². The second-order valence-corrected chi connectivity index (χ2v) is 6.15. The van der Waals surface area contributed by atoms with Gasteiger partial charge in [0.1, 0.15) is 10.9 Å². The van der Waals surface area contributed by atoms with E-state index in [0.29, 0.717) is 17.4 Å². The average Bonchev–Trinajstić information content (AvgIpc) is 2.66. The summed E-state index contributed by atoms with van der Waals surface area (Å²) in [7, 11) is 0. The number of hydrogen-bond acceptors (Lipinski definition) is 4. The molecule has 144 valence electrons. The number of nitrogens with one attached hydrogen (secondary N) is 2. The number of guanidine groups is 1. The molecule has 1 heterocycles. The normalized spacial score (nSPS) is 11.1. The Morgan fingerprint density at radius 3 is 2.81 bits per heavy atom. The van der Waals surface area contributed by atoms with Crippen LogP contribution in [0.5, 0.6) is 5.75 Å². The number of carbonyl (C=O) groups excluding carboxylic acids is 1. The molecular formula is C19H24ClN5O2. The third kappa shape index (κ3) is 7.96. The highest BCUT2D eigenvalue weighted by Crippen LogP contribution is 2.14. The van der Waals surface area contributed by atoms with Crippen LogP contribution in [0.15, 0.2) is 47.6 Å². The summed E-state index contributed by atoms with van der Waals surface area (Å²) in [6.07, 6.45) is 2.58. The van der Waals surface area contributed by atoms with Crippen LogP contribution in [0.2, 0.25) is 5.15 Å². The lowest BCUT2D eigenvalue weighted by Crippen LogP contribution is -2.38. The minimum atomic E-state index is -0.507. The maximum absolute atomic E-state index is 10.8. The van der Waals surface area contributed by atoms with Crippen LogP contribution >= 0.6 is 11.6 Å². The van der Waals surface area contributed by atoms with Crippen molar-refractivity contribution in [2.45, 2.75) is 19.9 Å². The third-order valence-electron chi connectivity index (χ3n) is 3.54. The van der Waals surface area contributed by atoms with E-state index in [-0.39, 0.29) is 6.61 Å². The molecule has 2 rings (SSSR count). The van der Waals surface area contributed by atoms with Gasteiger partial charge in [-0.2, -0.15) is 0 Å². The molecule has 1 amide bonds. The second kappa shape index (κ2) is 11.0. The van der Waals surface area contributed by atoms with Crippen LogP contribution in [0.4, 0.5) is 0 Å².